The van der Waals surface area contributed by atoms with Crippen molar-refractivity contribution < 1.29 is 24.2 Å². The van der Waals surface area contributed by atoms with E-state index in [0.717, 1.165) is 0 Å². The summed E-state index contributed by atoms with van der Waals surface area (Å²) in [5.41, 5.74) is 2.26. The molecule has 0 aliphatic rings. The summed E-state index contributed by atoms with van der Waals surface area (Å²) >= 11 is 0. The van der Waals surface area contributed by atoms with Gasteiger partial charge >= 0.3 is 12.0 Å². The van der Waals surface area contributed by atoms with E-state index in [1.54, 1.807) is 14.1 Å². The minimum absolute atomic E-state index is 0.479. The summed E-state index contributed by atoms with van der Waals surface area (Å²) in [4.78, 5) is 31.8. The average molecular weight is 219 g/mol. The van der Waals surface area contributed by atoms with Gasteiger partial charge in [0.25, 0.3) is 5.91 Å². The number of carbonyl (C=O) groups excluding carboxylic acids is 2. The number of nitrogens with one attached hydrogen (secondary N) is 2. The van der Waals surface area contributed by atoms with Crippen molar-refractivity contribution in [2.24, 2.45) is 0 Å². The van der Waals surface area contributed by atoms with Crippen molar-refractivity contribution >= 4 is 17.9 Å². The van der Waals surface area contributed by atoms with Crippen molar-refractivity contribution in [1.29, 1.82) is 0 Å². The van der Waals surface area contributed by atoms with Crippen molar-refractivity contribution in [2.45, 2.75) is 0 Å². The van der Waals surface area contributed by atoms with E-state index in [2.05, 4.69) is 10.2 Å². The van der Waals surface area contributed by atoms with E-state index in [4.69, 9.17) is 5.11 Å². The molecular weight excluding hydrogens is 206 g/mol. The molecule has 0 atom stereocenters. The molecule has 0 aromatic heterocycles. The first kappa shape index (κ1) is 13.3. The van der Waals surface area contributed by atoms with Crippen LogP contribution in [0.5, 0.6) is 0 Å². The van der Waals surface area contributed by atoms with Crippen molar-refractivity contribution in [2.75, 3.05) is 27.3 Å². The van der Waals surface area contributed by atoms with E-state index in [1.165, 1.54) is 5.01 Å². The maximum atomic E-state index is 10.9. The molecule has 0 aromatic carbocycles. The number of nitrogens with zero attached hydrogens (tertiary/aromatic N) is 1. The summed E-state index contributed by atoms with van der Waals surface area (Å²) in [5.74, 6) is -1.89. The van der Waals surface area contributed by atoms with Gasteiger partial charge in [0, 0.05) is 14.1 Å². The van der Waals surface area contributed by atoms with Crippen LogP contribution < -0.4 is 10.7 Å². The van der Waals surface area contributed by atoms with Crippen molar-refractivity contribution in [3.63, 3.8) is 0 Å². The number of hydrogen-bond donors (Lipinski definition) is 3. The predicted octanol–water partition coefficient (Wildman–Crippen LogP) is -1.61. The highest BCUT2D eigenvalue weighted by atomic mass is 16.5. The van der Waals surface area contributed by atoms with Gasteiger partial charge in [-0.1, -0.05) is 0 Å². The Bertz CT molecular complexity index is 253. The smallest absolute Gasteiger partial charge is 0.335 e. The highest BCUT2D eigenvalue weighted by Gasteiger charge is 2.08. The van der Waals surface area contributed by atoms with Gasteiger partial charge in [-0.05, 0) is 0 Å². The normalized spacial score (nSPS) is 9.80. The van der Waals surface area contributed by atoms with Gasteiger partial charge in [-0.25, -0.2) is 14.6 Å². The van der Waals surface area contributed by atoms with E-state index in [0.29, 0.717) is 0 Å². The molecule has 8 nitrogen and oxygen atoms in total. The first-order valence-electron chi connectivity index (χ1n) is 3.99. The average Bonchev–Trinajstić information content (AvgIpc) is 2.00. The quantitative estimate of drug-likeness (QED) is 0.480. The molecule has 0 aliphatic heterocycles. The van der Waals surface area contributed by atoms with Crippen LogP contribution in [0.1, 0.15) is 0 Å². The summed E-state index contributed by atoms with van der Waals surface area (Å²) in [7, 11) is 3.15. The molecule has 86 valence electrons. The van der Waals surface area contributed by atoms with Crippen LogP contribution in [-0.4, -0.2) is 55.3 Å². The second-order valence-corrected chi connectivity index (χ2v) is 2.77. The second-order valence-electron chi connectivity index (χ2n) is 2.77. The van der Waals surface area contributed by atoms with Crippen LogP contribution >= 0.6 is 0 Å². The highest BCUT2D eigenvalue weighted by molar-refractivity contribution is 5.94. The minimum atomic E-state index is -1.18. The van der Waals surface area contributed by atoms with Gasteiger partial charge in [0.15, 0.2) is 0 Å². The van der Waals surface area contributed by atoms with Gasteiger partial charge in [-0.3, -0.25) is 15.5 Å². The number of aliphatic carboxylic acids is 1. The van der Waals surface area contributed by atoms with Crippen molar-refractivity contribution in [3.8, 4) is 0 Å². The largest absolute Gasteiger partial charge is 0.480 e. The van der Waals surface area contributed by atoms with Crippen molar-refractivity contribution in [3.05, 3.63) is 0 Å². The second kappa shape index (κ2) is 6.74. The molecule has 3 amide bonds. The Balaban J connectivity index is 3.65. The number of carboxylic acid groups (broad SMARTS) is 1. The summed E-state index contributed by atoms with van der Waals surface area (Å²) in [6.45, 7) is -1.06. The molecule has 0 fully saturated rings. The Labute approximate surface area is 86.2 Å². The first-order chi connectivity index (χ1) is 6.91. The third kappa shape index (κ3) is 8.65. The minimum Gasteiger partial charge on any atom is -0.480 e. The monoisotopic (exact) mass is 219 g/mol. The molecular formula is C7H13N3O5. The number of hydrazine groups is 1. The van der Waals surface area contributed by atoms with Crippen LogP contribution in [0.2, 0.25) is 0 Å². The Kier molecular flexibility index (Phi) is 5.99. The summed E-state index contributed by atoms with van der Waals surface area (Å²) < 4.78 is 4.46. The fraction of sp³-hybridized carbons (Fsp3) is 0.571. The molecule has 0 aliphatic carbocycles. The molecule has 0 heterocycles. The number of hydrogen-bond acceptors (Lipinski definition) is 5. The van der Waals surface area contributed by atoms with Gasteiger partial charge in [0.1, 0.15) is 13.2 Å². The fourth-order valence-corrected chi connectivity index (χ4v) is 0.625. The van der Waals surface area contributed by atoms with E-state index in [1.807, 2.05) is 5.32 Å². The molecule has 0 radical (unpaired) electrons. The first-order valence-corrected chi connectivity index (χ1v) is 3.99. The standard InChI is InChI=1S/C7H13N3O5/c1-10(2)9-7(14)8-5(11)3-15-4-6(12)13/h3-4H2,1-2H3,(H,12,13)(H2,8,9,11,14). The Morgan fingerprint density at radius 3 is 2.33 bits per heavy atom. The zero-order valence-corrected chi connectivity index (χ0v) is 8.44. The lowest BCUT2D eigenvalue weighted by molar-refractivity contribution is -0.143. The zero-order chi connectivity index (χ0) is 11.8. The number of carboxylic acids is 1. The highest BCUT2D eigenvalue weighted by Crippen LogP contribution is 1.76. The van der Waals surface area contributed by atoms with Crippen LogP contribution in [0.25, 0.3) is 0 Å². The lowest BCUT2D eigenvalue weighted by atomic mass is 10.6. The van der Waals surface area contributed by atoms with Crippen LogP contribution in [0, 0.1) is 0 Å². The number of imide groups is 1. The van der Waals surface area contributed by atoms with Crippen LogP contribution in [0.3, 0.4) is 0 Å². The summed E-state index contributed by atoms with van der Waals surface area (Å²) in [6, 6.07) is -0.705. The summed E-state index contributed by atoms with van der Waals surface area (Å²) in [5, 5.41) is 11.5. The maximum absolute atomic E-state index is 10.9. The van der Waals surface area contributed by atoms with E-state index >= 15 is 0 Å². The molecule has 8 heteroatoms. The number of carbonyl (C=O) groups is 3. The number of ether oxygens (including phenoxy) is 1. The van der Waals surface area contributed by atoms with Gasteiger partial charge in [0.05, 0.1) is 0 Å². The van der Waals surface area contributed by atoms with Gasteiger partial charge in [-0.15, -0.1) is 0 Å². The molecule has 0 saturated carbocycles. The SMILES string of the molecule is CN(C)NC(=O)NC(=O)COCC(=O)O. The topological polar surface area (TPSA) is 108 Å². The molecule has 15 heavy (non-hydrogen) atoms. The lowest BCUT2D eigenvalue weighted by Crippen LogP contribution is -2.46. The molecule has 3 N–H and O–H groups in total. The third-order valence-corrected chi connectivity index (χ3v) is 1.04. The van der Waals surface area contributed by atoms with Gasteiger partial charge in [-0.2, -0.15) is 0 Å². The number of amides is 3. The Morgan fingerprint density at radius 2 is 1.87 bits per heavy atom. The van der Waals surface area contributed by atoms with Crippen molar-refractivity contribution in [1.82, 2.24) is 15.8 Å². The van der Waals surface area contributed by atoms with Crippen LogP contribution in [0.4, 0.5) is 4.79 Å². The molecule has 0 aromatic rings. The van der Waals surface area contributed by atoms with Crippen LogP contribution in [-0.2, 0) is 14.3 Å². The molecule has 0 saturated heterocycles. The molecule has 0 rings (SSSR count). The predicted molar refractivity (Wildman–Crippen MR) is 48.8 cm³/mol. The molecule has 0 bridgehead atoms. The van der Waals surface area contributed by atoms with Gasteiger partial charge in [0.2, 0.25) is 0 Å². The Hall–Kier alpha value is -1.67. The lowest BCUT2D eigenvalue weighted by Gasteiger charge is -2.11. The third-order valence-electron chi connectivity index (χ3n) is 1.04. The molecule has 0 unspecified atom stereocenters. The number of rotatable bonds is 5. The maximum Gasteiger partial charge on any atom is 0.335 e. The zero-order valence-electron chi connectivity index (χ0n) is 8.44. The number of urea groups is 1. The van der Waals surface area contributed by atoms with Gasteiger partial charge < -0.3 is 9.84 Å². The Morgan fingerprint density at radius 1 is 1.27 bits per heavy atom. The van der Waals surface area contributed by atoms with E-state index in [-0.39, 0.29) is 0 Å². The molecule has 0 spiro atoms. The van der Waals surface area contributed by atoms with E-state index in [9.17, 15) is 14.4 Å². The fourth-order valence-electron chi connectivity index (χ4n) is 0.625. The summed E-state index contributed by atoms with van der Waals surface area (Å²) in [6.07, 6.45) is 0. The van der Waals surface area contributed by atoms with E-state index < -0.39 is 31.1 Å². The van der Waals surface area contributed by atoms with Crippen LogP contribution in [0.15, 0.2) is 0 Å².